The summed E-state index contributed by atoms with van der Waals surface area (Å²) < 4.78 is 0. The minimum atomic E-state index is -0.751. The first-order valence-corrected chi connectivity index (χ1v) is 7.29. The van der Waals surface area contributed by atoms with Gasteiger partial charge >= 0.3 is 5.97 Å². The lowest BCUT2D eigenvalue weighted by molar-refractivity contribution is -0.137. The average Bonchev–Trinajstić information content (AvgIpc) is 2.79. The second-order valence-corrected chi connectivity index (χ2v) is 5.49. The van der Waals surface area contributed by atoms with Crippen LogP contribution < -0.4 is 11.1 Å². The molecule has 1 fully saturated rings. The minimum Gasteiger partial charge on any atom is -0.481 e. The van der Waals surface area contributed by atoms with Crippen molar-refractivity contribution in [1.29, 1.82) is 0 Å². The van der Waals surface area contributed by atoms with Crippen LogP contribution in [0.1, 0.15) is 51.9 Å². The summed E-state index contributed by atoms with van der Waals surface area (Å²) in [5.41, 5.74) is 5.89. The third-order valence-corrected chi connectivity index (χ3v) is 4.10. The van der Waals surface area contributed by atoms with Gasteiger partial charge in [0, 0.05) is 19.0 Å². The van der Waals surface area contributed by atoms with Crippen molar-refractivity contribution in [3.8, 4) is 0 Å². The summed E-state index contributed by atoms with van der Waals surface area (Å²) in [6.45, 7) is 2.68. The lowest BCUT2D eigenvalue weighted by atomic mass is 9.96. The Morgan fingerprint density at radius 3 is 2.63 bits per heavy atom. The van der Waals surface area contributed by atoms with Crippen LogP contribution in [-0.2, 0) is 9.59 Å². The van der Waals surface area contributed by atoms with Crippen molar-refractivity contribution in [1.82, 2.24) is 5.32 Å². The number of hydrogen-bond acceptors (Lipinski definition) is 3. The summed E-state index contributed by atoms with van der Waals surface area (Å²) in [7, 11) is 0. The maximum atomic E-state index is 11.9. The number of hydrogen-bond donors (Lipinski definition) is 3. The van der Waals surface area contributed by atoms with Crippen LogP contribution in [0.2, 0.25) is 0 Å². The predicted molar refractivity (Wildman–Crippen MR) is 73.6 cm³/mol. The molecule has 1 rings (SSSR count). The van der Waals surface area contributed by atoms with Gasteiger partial charge < -0.3 is 16.2 Å². The van der Waals surface area contributed by atoms with E-state index in [4.69, 9.17) is 10.8 Å². The molecule has 110 valence electrons. The van der Waals surface area contributed by atoms with Gasteiger partial charge in [-0.3, -0.25) is 9.59 Å². The van der Waals surface area contributed by atoms with Crippen LogP contribution in [0, 0.1) is 11.8 Å². The Balaban J connectivity index is 2.20. The maximum Gasteiger partial charge on any atom is 0.303 e. The third-order valence-electron chi connectivity index (χ3n) is 4.10. The molecule has 0 aromatic heterocycles. The van der Waals surface area contributed by atoms with Crippen LogP contribution >= 0.6 is 0 Å². The molecule has 0 heterocycles. The van der Waals surface area contributed by atoms with Crippen molar-refractivity contribution >= 4 is 11.9 Å². The van der Waals surface area contributed by atoms with Gasteiger partial charge in [0.2, 0.25) is 5.91 Å². The van der Waals surface area contributed by atoms with Gasteiger partial charge in [-0.2, -0.15) is 0 Å². The monoisotopic (exact) mass is 270 g/mol. The zero-order valence-electron chi connectivity index (χ0n) is 11.7. The van der Waals surface area contributed by atoms with Crippen LogP contribution in [-0.4, -0.2) is 29.6 Å². The molecule has 0 saturated heterocycles. The Bertz CT molecular complexity index is 307. The van der Waals surface area contributed by atoms with E-state index in [0.717, 1.165) is 32.1 Å². The molecular formula is C14H26N2O3. The third kappa shape index (κ3) is 5.59. The summed E-state index contributed by atoms with van der Waals surface area (Å²) in [6, 6.07) is 0.00832. The molecule has 0 aliphatic heterocycles. The number of carbonyl (C=O) groups is 2. The normalized spacial score (nSPS) is 24.1. The topological polar surface area (TPSA) is 92.4 Å². The van der Waals surface area contributed by atoms with E-state index in [1.165, 1.54) is 0 Å². The summed E-state index contributed by atoms with van der Waals surface area (Å²) in [6.07, 6.45) is 5.56. The highest BCUT2D eigenvalue weighted by Crippen LogP contribution is 2.24. The molecule has 4 N–H and O–H groups in total. The summed E-state index contributed by atoms with van der Waals surface area (Å²) in [5.74, 6) is -0.342. The van der Waals surface area contributed by atoms with Gasteiger partial charge in [0.15, 0.2) is 0 Å². The SMILES string of the molecule is CCC(CCNC(=O)C1CCCC1N)CCC(=O)O. The van der Waals surface area contributed by atoms with E-state index in [2.05, 4.69) is 12.2 Å². The summed E-state index contributed by atoms with van der Waals surface area (Å²) >= 11 is 0. The highest BCUT2D eigenvalue weighted by molar-refractivity contribution is 5.79. The van der Waals surface area contributed by atoms with Crippen LogP contribution in [0.15, 0.2) is 0 Å². The molecule has 3 unspecified atom stereocenters. The summed E-state index contributed by atoms with van der Waals surface area (Å²) in [4.78, 5) is 22.4. The second-order valence-electron chi connectivity index (χ2n) is 5.49. The summed E-state index contributed by atoms with van der Waals surface area (Å²) in [5, 5.41) is 11.6. The lowest BCUT2D eigenvalue weighted by Gasteiger charge is -2.17. The minimum absolute atomic E-state index is 0.00832. The van der Waals surface area contributed by atoms with Crippen molar-refractivity contribution in [2.24, 2.45) is 17.6 Å². The van der Waals surface area contributed by atoms with E-state index >= 15 is 0 Å². The first-order chi connectivity index (χ1) is 9.04. The fraction of sp³-hybridized carbons (Fsp3) is 0.857. The highest BCUT2D eigenvalue weighted by atomic mass is 16.4. The van der Waals surface area contributed by atoms with Crippen LogP contribution in [0.4, 0.5) is 0 Å². The van der Waals surface area contributed by atoms with E-state index in [-0.39, 0.29) is 24.3 Å². The molecule has 1 aliphatic carbocycles. The molecule has 1 aliphatic rings. The quantitative estimate of drug-likeness (QED) is 0.623. The van der Waals surface area contributed by atoms with Crippen molar-refractivity contribution in [2.75, 3.05) is 6.54 Å². The standard InChI is InChI=1S/C14H26N2O3/c1-2-10(6-7-13(17)18)8-9-16-14(19)11-4-3-5-12(11)15/h10-12H,2-9,15H2,1H3,(H,16,19)(H,17,18). The molecule has 5 heteroatoms. The molecule has 3 atom stereocenters. The van der Waals surface area contributed by atoms with Gasteiger partial charge in [0.05, 0.1) is 5.92 Å². The van der Waals surface area contributed by atoms with Gasteiger partial charge in [-0.05, 0) is 31.6 Å². The number of carboxylic acids is 1. The lowest BCUT2D eigenvalue weighted by Crippen LogP contribution is -2.39. The number of nitrogens with one attached hydrogen (secondary N) is 1. The number of amides is 1. The van der Waals surface area contributed by atoms with E-state index in [9.17, 15) is 9.59 Å². The molecule has 0 bridgehead atoms. The molecule has 19 heavy (non-hydrogen) atoms. The molecule has 1 amide bonds. The van der Waals surface area contributed by atoms with E-state index in [0.29, 0.717) is 18.9 Å². The average molecular weight is 270 g/mol. The molecule has 5 nitrogen and oxygen atoms in total. The molecule has 0 spiro atoms. The number of nitrogens with two attached hydrogens (primary N) is 1. The fourth-order valence-corrected chi connectivity index (χ4v) is 2.73. The largest absolute Gasteiger partial charge is 0.481 e. The zero-order valence-corrected chi connectivity index (χ0v) is 11.7. The van der Waals surface area contributed by atoms with Gasteiger partial charge in [0.25, 0.3) is 0 Å². The maximum absolute atomic E-state index is 11.9. The van der Waals surface area contributed by atoms with Crippen molar-refractivity contribution in [2.45, 2.75) is 57.9 Å². The Hall–Kier alpha value is -1.10. The zero-order chi connectivity index (χ0) is 14.3. The van der Waals surface area contributed by atoms with Crippen LogP contribution in [0.3, 0.4) is 0 Å². The van der Waals surface area contributed by atoms with Gasteiger partial charge in [-0.25, -0.2) is 0 Å². The van der Waals surface area contributed by atoms with Crippen molar-refractivity contribution in [3.63, 3.8) is 0 Å². The molecule has 0 aromatic rings. The Kier molecular flexibility index (Phi) is 6.84. The molecular weight excluding hydrogens is 244 g/mol. The van der Waals surface area contributed by atoms with E-state index < -0.39 is 5.97 Å². The Labute approximate surface area is 114 Å². The second kappa shape index (κ2) is 8.15. The van der Waals surface area contributed by atoms with E-state index in [1.807, 2.05) is 0 Å². The highest BCUT2D eigenvalue weighted by Gasteiger charge is 2.29. The fourth-order valence-electron chi connectivity index (χ4n) is 2.73. The first kappa shape index (κ1) is 16.0. The van der Waals surface area contributed by atoms with Gasteiger partial charge in [0.1, 0.15) is 0 Å². The first-order valence-electron chi connectivity index (χ1n) is 7.29. The van der Waals surface area contributed by atoms with E-state index in [1.54, 1.807) is 0 Å². The number of carboxylic acid groups (broad SMARTS) is 1. The van der Waals surface area contributed by atoms with Crippen molar-refractivity contribution < 1.29 is 14.7 Å². The number of carbonyl (C=O) groups excluding carboxylic acids is 1. The number of aliphatic carboxylic acids is 1. The molecule has 1 saturated carbocycles. The van der Waals surface area contributed by atoms with Crippen molar-refractivity contribution in [3.05, 3.63) is 0 Å². The molecule has 0 radical (unpaired) electrons. The number of rotatable bonds is 8. The van der Waals surface area contributed by atoms with Crippen LogP contribution in [0.25, 0.3) is 0 Å². The molecule has 0 aromatic carbocycles. The Morgan fingerprint density at radius 2 is 2.11 bits per heavy atom. The Morgan fingerprint density at radius 1 is 1.37 bits per heavy atom. The smallest absolute Gasteiger partial charge is 0.303 e. The predicted octanol–water partition coefficient (Wildman–Crippen LogP) is 1.51. The van der Waals surface area contributed by atoms with Gasteiger partial charge in [-0.15, -0.1) is 0 Å². The van der Waals surface area contributed by atoms with Crippen LogP contribution in [0.5, 0.6) is 0 Å². The van der Waals surface area contributed by atoms with Gasteiger partial charge in [-0.1, -0.05) is 19.8 Å².